The predicted molar refractivity (Wildman–Crippen MR) is 86.3 cm³/mol. The van der Waals surface area contributed by atoms with Gasteiger partial charge >= 0.3 is 0 Å². The van der Waals surface area contributed by atoms with Crippen molar-refractivity contribution in [1.82, 2.24) is 14.9 Å². The van der Waals surface area contributed by atoms with Gasteiger partial charge in [0, 0.05) is 0 Å². The van der Waals surface area contributed by atoms with Crippen LogP contribution in [0.5, 0.6) is 11.5 Å². The van der Waals surface area contributed by atoms with Gasteiger partial charge in [0.25, 0.3) is 11.5 Å². The smallest absolute Gasteiger partial charge is 0.289 e. The van der Waals surface area contributed by atoms with Crippen LogP contribution in [0.3, 0.4) is 0 Å². The van der Waals surface area contributed by atoms with E-state index in [1.54, 1.807) is 36.4 Å². The van der Waals surface area contributed by atoms with Gasteiger partial charge in [0.15, 0.2) is 11.5 Å². The molecule has 0 aliphatic carbocycles. The van der Waals surface area contributed by atoms with Gasteiger partial charge in [-0.3, -0.25) is 14.2 Å². The number of phenolic OH excluding ortho intramolecular Hbond substituents is 1. The van der Waals surface area contributed by atoms with Gasteiger partial charge in [-0.25, -0.2) is 4.98 Å². The van der Waals surface area contributed by atoms with Crippen LogP contribution in [-0.4, -0.2) is 27.7 Å². The Bertz CT molecular complexity index is 1040. The number of nitrogens with zero attached hydrogens (tertiary/aromatic N) is 2. The van der Waals surface area contributed by atoms with Crippen LogP contribution in [0.15, 0.2) is 47.3 Å². The molecule has 2 aromatic carbocycles. The van der Waals surface area contributed by atoms with Crippen molar-refractivity contribution in [3.8, 4) is 11.5 Å². The van der Waals surface area contributed by atoms with E-state index in [1.807, 2.05) is 0 Å². The van der Waals surface area contributed by atoms with E-state index >= 15 is 0 Å². The highest BCUT2D eigenvalue weighted by molar-refractivity contribution is 5.95. The van der Waals surface area contributed by atoms with E-state index in [0.29, 0.717) is 16.5 Å². The van der Waals surface area contributed by atoms with Crippen molar-refractivity contribution < 1.29 is 14.6 Å². The molecule has 0 radical (unpaired) electrons. The zero-order chi connectivity index (χ0) is 16.8. The highest BCUT2D eigenvalue weighted by atomic mass is 16.5. The molecule has 7 heteroatoms. The monoisotopic (exact) mass is 323 g/mol. The molecule has 7 nitrogen and oxygen atoms in total. The number of hydrogen-bond acceptors (Lipinski definition) is 5. The number of phenols is 1. The second-order valence-electron chi connectivity index (χ2n) is 5.43. The molecule has 0 saturated heterocycles. The maximum absolute atomic E-state index is 12.8. The molecule has 0 unspecified atom stereocenters. The number of aromatic hydroxyl groups is 1. The van der Waals surface area contributed by atoms with Gasteiger partial charge in [-0.1, -0.05) is 18.2 Å². The molecule has 2 N–H and O–H groups in total. The quantitative estimate of drug-likeness (QED) is 0.743. The largest absolute Gasteiger partial charge is 0.504 e. The Morgan fingerprint density at radius 2 is 2.00 bits per heavy atom. The third-order valence-corrected chi connectivity index (χ3v) is 4.06. The number of aromatic nitrogens is 2. The zero-order valence-corrected chi connectivity index (χ0v) is 12.7. The number of hydrogen-bond donors (Lipinski definition) is 2. The second-order valence-corrected chi connectivity index (χ2v) is 5.43. The fourth-order valence-electron chi connectivity index (χ4n) is 2.90. The van der Waals surface area contributed by atoms with Crippen molar-refractivity contribution in [2.24, 2.45) is 0 Å². The summed E-state index contributed by atoms with van der Waals surface area (Å²) in [6, 6.07) is 11.5. The maximum Gasteiger partial charge on any atom is 0.289 e. The highest BCUT2D eigenvalue weighted by Gasteiger charge is 2.33. The fraction of sp³-hybridized carbons (Fsp3) is 0.118. The first kappa shape index (κ1) is 14.3. The standard InChI is InChI=1S/C17H13N3O4/c1-24-13-8-9(6-7-12(13)21)14-19-16(22)15-18-11-5-3-2-4-10(11)17(23)20(14)15/h2-8,14,21H,1H3,(H,19,22)/t14-/m0/s1. The number of methoxy groups -OCH3 is 1. The minimum Gasteiger partial charge on any atom is -0.504 e. The van der Waals surface area contributed by atoms with Crippen molar-refractivity contribution in [2.45, 2.75) is 6.17 Å². The first-order valence-electron chi connectivity index (χ1n) is 7.29. The Morgan fingerprint density at radius 1 is 1.21 bits per heavy atom. The minimum atomic E-state index is -0.702. The van der Waals surface area contributed by atoms with E-state index in [4.69, 9.17) is 4.74 Å². The lowest BCUT2D eigenvalue weighted by Crippen LogP contribution is -2.28. The van der Waals surface area contributed by atoms with Crippen molar-refractivity contribution >= 4 is 16.8 Å². The Labute approximate surface area is 136 Å². The summed E-state index contributed by atoms with van der Waals surface area (Å²) in [6.07, 6.45) is -0.702. The molecule has 1 aliphatic heterocycles. The topological polar surface area (TPSA) is 93.5 Å². The molecule has 0 bridgehead atoms. The molecule has 1 aliphatic rings. The maximum atomic E-state index is 12.8. The number of fused-ring (bicyclic) bond motifs is 2. The van der Waals surface area contributed by atoms with Gasteiger partial charge in [0.2, 0.25) is 5.82 Å². The number of para-hydroxylation sites is 1. The lowest BCUT2D eigenvalue weighted by Gasteiger charge is -2.15. The van der Waals surface area contributed by atoms with Gasteiger partial charge in [0.1, 0.15) is 6.17 Å². The van der Waals surface area contributed by atoms with Crippen molar-refractivity contribution in [3.05, 3.63) is 64.2 Å². The highest BCUT2D eigenvalue weighted by Crippen LogP contribution is 2.31. The Hall–Kier alpha value is -3.35. The number of benzene rings is 2. The summed E-state index contributed by atoms with van der Waals surface area (Å²) < 4.78 is 6.42. The summed E-state index contributed by atoms with van der Waals surface area (Å²) in [5.41, 5.74) is 0.787. The van der Waals surface area contributed by atoms with Crippen LogP contribution in [0, 0.1) is 0 Å². The fourth-order valence-corrected chi connectivity index (χ4v) is 2.90. The molecular weight excluding hydrogens is 310 g/mol. The van der Waals surface area contributed by atoms with E-state index in [0.717, 1.165) is 0 Å². The summed E-state index contributed by atoms with van der Waals surface area (Å²) in [5.74, 6) is -0.114. The van der Waals surface area contributed by atoms with Crippen molar-refractivity contribution in [3.63, 3.8) is 0 Å². The molecule has 0 fully saturated rings. The van der Waals surface area contributed by atoms with Crippen LogP contribution < -0.4 is 15.6 Å². The van der Waals surface area contributed by atoms with Crippen molar-refractivity contribution in [2.75, 3.05) is 7.11 Å². The third-order valence-electron chi connectivity index (χ3n) is 4.06. The van der Waals surface area contributed by atoms with E-state index in [2.05, 4.69) is 10.3 Å². The van der Waals surface area contributed by atoms with Crippen molar-refractivity contribution in [1.29, 1.82) is 0 Å². The summed E-state index contributed by atoms with van der Waals surface area (Å²) in [4.78, 5) is 29.4. The first-order valence-corrected chi connectivity index (χ1v) is 7.29. The van der Waals surface area contributed by atoms with Crippen LogP contribution in [0.4, 0.5) is 0 Å². The molecule has 24 heavy (non-hydrogen) atoms. The van der Waals surface area contributed by atoms with Gasteiger partial charge in [-0.15, -0.1) is 0 Å². The van der Waals surface area contributed by atoms with Crippen LogP contribution in [0.25, 0.3) is 10.9 Å². The number of carbonyl (C=O) groups excluding carboxylic acids is 1. The molecule has 1 atom stereocenters. The summed E-state index contributed by atoms with van der Waals surface area (Å²) in [5, 5.41) is 12.9. The van der Waals surface area contributed by atoms with E-state index in [-0.39, 0.29) is 22.9 Å². The summed E-state index contributed by atoms with van der Waals surface area (Å²) in [6.45, 7) is 0. The SMILES string of the molecule is COc1cc([C@H]2NC(=O)c3nc4ccccc4c(=O)n32)ccc1O. The third kappa shape index (κ3) is 1.95. The second kappa shape index (κ2) is 5.09. The first-order chi connectivity index (χ1) is 11.6. The number of rotatable bonds is 2. The van der Waals surface area contributed by atoms with Crippen LogP contribution in [-0.2, 0) is 0 Å². The number of ether oxygens (including phenoxy) is 1. The predicted octanol–water partition coefficient (Wildman–Crippen LogP) is 1.40. The molecule has 4 rings (SSSR count). The molecule has 1 aromatic heterocycles. The molecule has 1 amide bonds. The molecule has 120 valence electrons. The molecule has 2 heterocycles. The lowest BCUT2D eigenvalue weighted by molar-refractivity contribution is 0.0956. The van der Waals surface area contributed by atoms with Crippen LogP contribution >= 0.6 is 0 Å². The Morgan fingerprint density at radius 3 is 2.79 bits per heavy atom. The minimum absolute atomic E-state index is 0.0187. The van der Waals surface area contributed by atoms with E-state index < -0.39 is 12.1 Å². The lowest BCUT2D eigenvalue weighted by atomic mass is 10.1. The van der Waals surface area contributed by atoms with Gasteiger partial charge in [-0.05, 0) is 29.8 Å². The van der Waals surface area contributed by atoms with Crippen LogP contribution in [0.2, 0.25) is 0 Å². The zero-order valence-electron chi connectivity index (χ0n) is 12.7. The molecule has 3 aromatic rings. The molecule has 0 saturated carbocycles. The summed E-state index contributed by atoms with van der Waals surface area (Å²) in [7, 11) is 1.43. The van der Waals surface area contributed by atoms with Gasteiger partial charge in [0.05, 0.1) is 18.0 Å². The summed E-state index contributed by atoms with van der Waals surface area (Å²) >= 11 is 0. The van der Waals surface area contributed by atoms with Gasteiger partial charge in [-0.2, -0.15) is 0 Å². The molecular formula is C17H13N3O4. The van der Waals surface area contributed by atoms with E-state index in [9.17, 15) is 14.7 Å². The van der Waals surface area contributed by atoms with E-state index in [1.165, 1.54) is 17.7 Å². The van der Waals surface area contributed by atoms with Crippen LogP contribution in [0.1, 0.15) is 22.3 Å². The number of carbonyl (C=O) groups is 1. The average Bonchev–Trinajstić information content (AvgIpc) is 2.93. The number of amides is 1. The Kier molecular flexibility index (Phi) is 3.02. The normalized spacial score (nSPS) is 16.0. The molecule has 0 spiro atoms. The Balaban J connectivity index is 1.96. The van der Waals surface area contributed by atoms with Gasteiger partial charge < -0.3 is 15.2 Å². The average molecular weight is 323 g/mol. The number of nitrogens with one attached hydrogen (secondary N) is 1.